The van der Waals surface area contributed by atoms with Crippen molar-refractivity contribution in [2.75, 3.05) is 6.54 Å². The van der Waals surface area contributed by atoms with E-state index in [9.17, 15) is 0 Å². The molecule has 0 saturated heterocycles. The lowest BCUT2D eigenvalue weighted by atomic mass is 10.2. The van der Waals surface area contributed by atoms with Crippen LogP contribution in [-0.4, -0.2) is 18.6 Å². The zero-order valence-electron chi connectivity index (χ0n) is 9.51. The summed E-state index contributed by atoms with van der Waals surface area (Å²) in [5, 5.41) is 9.09. The van der Waals surface area contributed by atoms with E-state index in [-0.39, 0.29) is 0 Å². The standard InChI is InChI=1S/C11H19BrN2S/c1-8(2)13-5-9(3)14-6-10-4-11(12)15-7-10/h4,7-9,13-14H,5-6H2,1-3H3. The summed E-state index contributed by atoms with van der Waals surface area (Å²) >= 11 is 5.20. The molecule has 4 heteroatoms. The second-order valence-corrected chi connectivity index (χ2v) is 6.39. The first-order valence-corrected chi connectivity index (χ1v) is 6.95. The maximum Gasteiger partial charge on any atom is 0.0701 e. The van der Waals surface area contributed by atoms with Crippen molar-refractivity contribution in [3.63, 3.8) is 0 Å². The van der Waals surface area contributed by atoms with E-state index >= 15 is 0 Å². The molecule has 1 heterocycles. The van der Waals surface area contributed by atoms with Gasteiger partial charge >= 0.3 is 0 Å². The normalized spacial score (nSPS) is 13.4. The minimum absolute atomic E-state index is 0.506. The first-order chi connectivity index (χ1) is 7.08. The summed E-state index contributed by atoms with van der Waals surface area (Å²) in [7, 11) is 0. The number of nitrogens with one attached hydrogen (secondary N) is 2. The summed E-state index contributed by atoms with van der Waals surface area (Å²) in [4.78, 5) is 0. The van der Waals surface area contributed by atoms with E-state index in [4.69, 9.17) is 0 Å². The molecule has 0 aliphatic rings. The summed E-state index contributed by atoms with van der Waals surface area (Å²) in [6.45, 7) is 8.51. The van der Waals surface area contributed by atoms with Crippen LogP contribution in [-0.2, 0) is 6.54 Å². The summed E-state index contributed by atoms with van der Waals surface area (Å²) < 4.78 is 1.20. The van der Waals surface area contributed by atoms with Crippen LogP contribution in [0.4, 0.5) is 0 Å². The van der Waals surface area contributed by atoms with Crippen molar-refractivity contribution in [2.24, 2.45) is 0 Å². The SMILES string of the molecule is CC(C)NCC(C)NCc1csc(Br)c1. The zero-order valence-corrected chi connectivity index (χ0v) is 11.9. The fourth-order valence-electron chi connectivity index (χ4n) is 1.22. The Hall–Kier alpha value is 0.100. The molecule has 86 valence electrons. The fourth-order valence-corrected chi connectivity index (χ4v) is 2.42. The minimum Gasteiger partial charge on any atom is -0.313 e. The molecule has 0 bridgehead atoms. The molecule has 2 nitrogen and oxygen atoms in total. The van der Waals surface area contributed by atoms with Crippen LogP contribution in [0.15, 0.2) is 15.2 Å². The van der Waals surface area contributed by atoms with Crippen molar-refractivity contribution in [2.45, 2.75) is 39.4 Å². The number of halogens is 1. The van der Waals surface area contributed by atoms with Crippen molar-refractivity contribution in [3.05, 3.63) is 20.8 Å². The molecule has 1 aromatic rings. The van der Waals surface area contributed by atoms with Gasteiger partial charge in [-0.1, -0.05) is 13.8 Å². The van der Waals surface area contributed by atoms with Gasteiger partial charge in [0, 0.05) is 25.2 Å². The Morgan fingerprint density at radius 1 is 1.33 bits per heavy atom. The fraction of sp³-hybridized carbons (Fsp3) is 0.636. The van der Waals surface area contributed by atoms with E-state index in [0.717, 1.165) is 13.1 Å². The van der Waals surface area contributed by atoms with Gasteiger partial charge < -0.3 is 10.6 Å². The van der Waals surface area contributed by atoms with Gasteiger partial charge in [0.25, 0.3) is 0 Å². The number of thiophene rings is 1. The Morgan fingerprint density at radius 3 is 2.60 bits per heavy atom. The zero-order chi connectivity index (χ0) is 11.3. The van der Waals surface area contributed by atoms with Crippen molar-refractivity contribution < 1.29 is 0 Å². The van der Waals surface area contributed by atoms with E-state index in [0.29, 0.717) is 12.1 Å². The van der Waals surface area contributed by atoms with Crippen LogP contribution in [0, 0.1) is 0 Å². The third-order valence-electron chi connectivity index (χ3n) is 2.11. The molecule has 1 rings (SSSR count). The second-order valence-electron chi connectivity index (χ2n) is 4.10. The highest BCUT2D eigenvalue weighted by atomic mass is 79.9. The molecule has 1 aromatic heterocycles. The first kappa shape index (κ1) is 13.2. The van der Waals surface area contributed by atoms with E-state index < -0.39 is 0 Å². The predicted octanol–water partition coefficient (Wildman–Crippen LogP) is 2.99. The third-order valence-corrected chi connectivity index (χ3v) is 3.66. The molecule has 1 unspecified atom stereocenters. The number of hydrogen-bond donors (Lipinski definition) is 2. The molecule has 2 N–H and O–H groups in total. The third kappa shape index (κ3) is 5.66. The Kier molecular flexibility index (Phi) is 5.82. The van der Waals surface area contributed by atoms with Crippen LogP contribution >= 0.6 is 27.3 Å². The maximum atomic E-state index is 3.49. The van der Waals surface area contributed by atoms with E-state index in [2.05, 4.69) is 58.8 Å². The molecule has 0 aliphatic carbocycles. The monoisotopic (exact) mass is 290 g/mol. The van der Waals surface area contributed by atoms with Gasteiger partial charge in [0.05, 0.1) is 3.79 Å². The van der Waals surface area contributed by atoms with Gasteiger partial charge in [0.2, 0.25) is 0 Å². The molecule has 1 atom stereocenters. The highest BCUT2D eigenvalue weighted by Crippen LogP contribution is 2.20. The molecule has 0 amide bonds. The van der Waals surface area contributed by atoms with E-state index in [1.54, 1.807) is 11.3 Å². The smallest absolute Gasteiger partial charge is 0.0701 e. The van der Waals surface area contributed by atoms with Gasteiger partial charge in [-0.05, 0) is 39.9 Å². The largest absolute Gasteiger partial charge is 0.313 e. The minimum atomic E-state index is 0.506. The molecule has 15 heavy (non-hydrogen) atoms. The summed E-state index contributed by atoms with van der Waals surface area (Å²) in [6.07, 6.45) is 0. The Labute approximate surface area is 105 Å². The maximum absolute atomic E-state index is 3.49. The number of hydrogen-bond acceptors (Lipinski definition) is 3. The molecule has 0 aliphatic heterocycles. The Balaban J connectivity index is 2.19. The molecule has 0 saturated carbocycles. The lowest BCUT2D eigenvalue weighted by molar-refractivity contribution is 0.474. The van der Waals surface area contributed by atoms with Gasteiger partial charge in [-0.15, -0.1) is 11.3 Å². The second kappa shape index (κ2) is 6.63. The van der Waals surface area contributed by atoms with Crippen molar-refractivity contribution in [1.82, 2.24) is 10.6 Å². The van der Waals surface area contributed by atoms with Crippen LogP contribution in [0.25, 0.3) is 0 Å². The van der Waals surface area contributed by atoms with Crippen LogP contribution in [0.5, 0.6) is 0 Å². The molecular weight excluding hydrogens is 272 g/mol. The Morgan fingerprint density at radius 2 is 2.07 bits per heavy atom. The predicted molar refractivity (Wildman–Crippen MR) is 71.5 cm³/mol. The van der Waals surface area contributed by atoms with Gasteiger partial charge in [0.15, 0.2) is 0 Å². The topological polar surface area (TPSA) is 24.1 Å². The van der Waals surface area contributed by atoms with Crippen LogP contribution in [0.3, 0.4) is 0 Å². The molecular formula is C11H19BrN2S. The van der Waals surface area contributed by atoms with Gasteiger partial charge in [0.1, 0.15) is 0 Å². The van der Waals surface area contributed by atoms with Crippen LogP contribution in [0.2, 0.25) is 0 Å². The molecule has 0 spiro atoms. The lowest BCUT2D eigenvalue weighted by Crippen LogP contribution is -2.38. The molecule has 0 fully saturated rings. The van der Waals surface area contributed by atoms with Crippen LogP contribution in [0.1, 0.15) is 26.3 Å². The summed E-state index contributed by atoms with van der Waals surface area (Å²) in [6, 6.07) is 3.23. The van der Waals surface area contributed by atoms with Crippen molar-refractivity contribution in [3.8, 4) is 0 Å². The first-order valence-electron chi connectivity index (χ1n) is 5.27. The highest BCUT2D eigenvalue weighted by molar-refractivity contribution is 9.11. The average Bonchev–Trinajstić information content (AvgIpc) is 2.58. The van der Waals surface area contributed by atoms with Gasteiger partial charge in [-0.2, -0.15) is 0 Å². The quantitative estimate of drug-likeness (QED) is 0.842. The van der Waals surface area contributed by atoms with E-state index in [1.807, 2.05) is 0 Å². The molecule has 0 aromatic carbocycles. The average molecular weight is 291 g/mol. The number of rotatable bonds is 6. The summed E-state index contributed by atoms with van der Waals surface area (Å²) in [5.41, 5.74) is 1.35. The summed E-state index contributed by atoms with van der Waals surface area (Å²) in [5.74, 6) is 0. The van der Waals surface area contributed by atoms with Crippen molar-refractivity contribution >= 4 is 27.3 Å². The van der Waals surface area contributed by atoms with Gasteiger partial charge in [-0.25, -0.2) is 0 Å². The van der Waals surface area contributed by atoms with Crippen LogP contribution < -0.4 is 10.6 Å². The van der Waals surface area contributed by atoms with Gasteiger partial charge in [-0.3, -0.25) is 0 Å². The van der Waals surface area contributed by atoms with Crippen molar-refractivity contribution in [1.29, 1.82) is 0 Å². The Bertz CT molecular complexity index is 286. The van der Waals surface area contributed by atoms with E-state index in [1.165, 1.54) is 9.35 Å². The molecule has 0 radical (unpaired) electrons. The lowest BCUT2D eigenvalue weighted by Gasteiger charge is -2.16. The highest BCUT2D eigenvalue weighted by Gasteiger charge is 2.03.